The summed E-state index contributed by atoms with van der Waals surface area (Å²) in [5.74, 6) is -1.20. The smallest absolute Gasteiger partial charge is 0.351 e. The summed E-state index contributed by atoms with van der Waals surface area (Å²) in [6.45, 7) is 5.34. The fourth-order valence-electron chi connectivity index (χ4n) is 1.17. The molecule has 0 heterocycles. The molecule has 0 radical (unpaired) electrons. The zero-order chi connectivity index (χ0) is 12.7. The molecule has 1 unspecified atom stereocenters. The Morgan fingerprint density at radius 2 is 2.00 bits per heavy atom. The van der Waals surface area contributed by atoms with Gasteiger partial charge in [0.25, 0.3) is 0 Å². The number of esters is 2. The van der Waals surface area contributed by atoms with E-state index in [9.17, 15) is 9.59 Å². The van der Waals surface area contributed by atoms with Crippen molar-refractivity contribution < 1.29 is 19.1 Å². The molecule has 0 fully saturated rings. The van der Waals surface area contributed by atoms with E-state index in [1.807, 2.05) is 0 Å². The van der Waals surface area contributed by atoms with Crippen molar-refractivity contribution in [3.05, 3.63) is 48.6 Å². The lowest BCUT2D eigenvalue weighted by Crippen LogP contribution is -2.27. The second kappa shape index (κ2) is 6.48. The summed E-state index contributed by atoms with van der Waals surface area (Å²) in [5, 5.41) is 0. The fourth-order valence-corrected chi connectivity index (χ4v) is 1.17. The molecule has 1 rings (SSSR count). The van der Waals surface area contributed by atoms with Crippen LogP contribution >= 0.6 is 0 Å². The summed E-state index contributed by atoms with van der Waals surface area (Å²) < 4.78 is 9.71. The van der Waals surface area contributed by atoms with Gasteiger partial charge in [0.2, 0.25) is 6.10 Å². The first kappa shape index (κ1) is 13.0. The number of benzene rings is 1. The maximum Gasteiger partial charge on any atom is 0.351 e. The first-order valence-corrected chi connectivity index (χ1v) is 5.24. The molecule has 0 N–H and O–H groups in total. The number of carbonyl (C=O) groups excluding carboxylic acids is 2. The van der Waals surface area contributed by atoms with Crippen molar-refractivity contribution in [2.45, 2.75) is 13.0 Å². The van der Waals surface area contributed by atoms with Gasteiger partial charge in [-0.25, -0.2) is 9.59 Å². The zero-order valence-electron chi connectivity index (χ0n) is 9.59. The van der Waals surface area contributed by atoms with Gasteiger partial charge in [0.1, 0.15) is 0 Å². The third-order valence-electron chi connectivity index (χ3n) is 1.98. The predicted octanol–water partition coefficient (Wildman–Crippen LogP) is 1.96. The predicted molar refractivity (Wildman–Crippen MR) is 62.5 cm³/mol. The largest absolute Gasteiger partial charge is 0.463 e. The molecular formula is C13H14O4. The van der Waals surface area contributed by atoms with E-state index in [0.717, 1.165) is 0 Å². The molecule has 0 saturated carbocycles. The van der Waals surface area contributed by atoms with Crippen LogP contribution in [0.15, 0.2) is 43.0 Å². The maximum atomic E-state index is 11.6. The van der Waals surface area contributed by atoms with E-state index in [-0.39, 0.29) is 6.61 Å². The summed E-state index contributed by atoms with van der Waals surface area (Å²) >= 11 is 0. The Balaban J connectivity index is 2.66. The van der Waals surface area contributed by atoms with E-state index >= 15 is 0 Å². The van der Waals surface area contributed by atoms with Gasteiger partial charge in [-0.3, -0.25) is 0 Å². The van der Waals surface area contributed by atoms with Crippen LogP contribution in [0.1, 0.15) is 17.3 Å². The molecule has 4 nitrogen and oxygen atoms in total. The number of carbonyl (C=O) groups is 2. The van der Waals surface area contributed by atoms with Crippen molar-refractivity contribution in [1.29, 1.82) is 0 Å². The Kier molecular flexibility index (Phi) is 4.94. The highest BCUT2D eigenvalue weighted by Gasteiger charge is 2.21. The van der Waals surface area contributed by atoms with Crippen LogP contribution < -0.4 is 0 Å². The van der Waals surface area contributed by atoms with E-state index in [4.69, 9.17) is 9.47 Å². The Morgan fingerprint density at radius 3 is 2.53 bits per heavy atom. The van der Waals surface area contributed by atoms with Crippen LogP contribution in [0.5, 0.6) is 0 Å². The van der Waals surface area contributed by atoms with Gasteiger partial charge in [-0.2, -0.15) is 0 Å². The number of ether oxygens (including phenoxy) is 2. The van der Waals surface area contributed by atoms with E-state index in [1.54, 1.807) is 37.3 Å². The highest BCUT2D eigenvalue weighted by molar-refractivity contribution is 5.91. The zero-order valence-corrected chi connectivity index (χ0v) is 9.59. The molecule has 0 amide bonds. The number of rotatable bonds is 5. The third kappa shape index (κ3) is 3.75. The van der Waals surface area contributed by atoms with Crippen LogP contribution in [-0.2, 0) is 14.3 Å². The molecule has 0 saturated heterocycles. The van der Waals surface area contributed by atoms with Crippen LogP contribution in [0.2, 0.25) is 0 Å². The lowest BCUT2D eigenvalue weighted by Gasteiger charge is -2.12. The van der Waals surface area contributed by atoms with Crippen LogP contribution in [0.4, 0.5) is 0 Å². The van der Waals surface area contributed by atoms with Gasteiger partial charge in [0.15, 0.2) is 0 Å². The van der Waals surface area contributed by atoms with E-state index in [0.29, 0.717) is 5.56 Å². The molecule has 1 atom stereocenters. The van der Waals surface area contributed by atoms with Crippen LogP contribution in [-0.4, -0.2) is 24.6 Å². The third-order valence-corrected chi connectivity index (χ3v) is 1.98. The van der Waals surface area contributed by atoms with Crippen molar-refractivity contribution >= 4 is 11.9 Å². The first-order valence-electron chi connectivity index (χ1n) is 5.24. The standard InChI is InChI=1S/C13H14O4/c1-3-11(13(15)16-4-2)17-12(14)10-8-6-5-7-9-10/h3,5-9,11H,1,4H2,2H3. The minimum Gasteiger partial charge on any atom is -0.463 e. The first-order chi connectivity index (χ1) is 8.19. The topological polar surface area (TPSA) is 52.6 Å². The lowest BCUT2D eigenvalue weighted by atomic mass is 10.2. The van der Waals surface area contributed by atoms with Crippen LogP contribution in [0.25, 0.3) is 0 Å². The van der Waals surface area contributed by atoms with E-state index < -0.39 is 18.0 Å². The number of hydrogen-bond acceptors (Lipinski definition) is 4. The molecule has 0 spiro atoms. The summed E-state index contributed by atoms with van der Waals surface area (Å²) in [6, 6.07) is 8.42. The highest BCUT2D eigenvalue weighted by Crippen LogP contribution is 2.05. The summed E-state index contributed by atoms with van der Waals surface area (Å²) in [5.41, 5.74) is 0.378. The van der Waals surface area contributed by atoms with E-state index in [2.05, 4.69) is 6.58 Å². The van der Waals surface area contributed by atoms with E-state index in [1.165, 1.54) is 6.08 Å². The van der Waals surface area contributed by atoms with Crippen molar-refractivity contribution in [2.75, 3.05) is 6.61 Å². The van der Waals surface area contributed by atoms with Gasteiger partial charge >= 0.3 is 11.9 Å². The average molecular weight is 234 g/mol. The normalized spacial score (nSPS) is 11.4. The van der Waals surface area contributed by atoms with Gasteiger partial charge in [-0.1, -0.05) is 24.8 Å². The van der Waals surface area contributed by atoms with Crippen molar-refractivity contribution in [3.8, 4) is 0 Å². The molecule has 0 aromatic heterocycles. The van der Waals surface area contributed by atoms with Gasteiger partial charge in [0, 0.05) is 0 Å². The fraction of sp³-hybridized carbons (Fsp3) is 0.231. The summed E-state index contributed by atoms with van der Waals surface area (Å²) in [6.07, 6.45) is 0.168. The molecule has 90 valence electrons. The second-order valence-corrected chi connectivity index (χ2v) is 3.18. The molecule has 1 aromatic carbocycles. The second-order valence-electron chi connectivity index (χ2n) is 3.18. The molecular weight excluding hydrogens is 220 g/mol. The van der Waals surface area contributed by atoms with Crippen molar-refractivity contribution in [3.63, 3.8) is 0 Å². The Labute approximate surface area is 99.8 Å². The monoisotopic (exact) mass is 234 g/mol. The molecule has 17 heavy (non-hydrogen) atoms. The minimum absolute atomic E-state index is 0.228. The Hall–Kier alpha value is -2.10. The summed E-state index contributed by atoms with van der Waals surface area (Å²) in [7, 11) is 0. The Bertz CT molecular complexity index is 397. The van der Waals surface area contributed by atoms with Crippen molar-refractivity contribution in [1.82, 2.24) is 0 Å². The van der Waals surface area contributed by atoms with Gasteiger partial charge in [0.05, 0.1) is 12.2 Å². The minimum atomic E-state index is -1.07. The quantitative estimate of drug-likeness (QED) is 0.577. The highest BCUT2D eigenvalue weighted by atomic mass is 16.6. The average Bonchev–Trinajstić information content (AvgIpc) is 2.37. The van der Waals surface area contributed by atoms with Gasteiger partial charge in [-0.05, 0) is 25.1 Å². The van der Waals surface area contributed by atoms with Crippen LogP contribution in [0.3, 0.4) is 0 Å². The molecule has 0 aliphatic heterocycles. The summed E-state index contributed by atoms with van der Waals surface area (Å²) in [4.78, 5) is 23.0. The molecule has 0 bridgehead atoms. The molecule has 0 aliphatic carbocycles. The molecule has 0 aliphatic rings. The number of hydrogen-bond donors (Lipinski definition) is 0. The van der Waals surface area contributed by atoms with Gasteiger partial charge in [-0.15, -0.1) is 0 Å². The van der Waals surface area contributed by atoms with Crippen molar-refractivity contribution in [2.24, 2.45) is 0 Å². The van der Waals surface area contributed by atoms with Crippen LogP contribution in [0, 0.1) is 0 Å². The SMILES string of the molecule is C=CC(OC(=O)c1ccccc1)C(=O)OCC. The lowest BCUT2D eigenvalue weighted by molar-refractivity contribution is -0.150. The molecule has 4 heteroatoms. The Morgan fingerprint density at radius 1 is 1.35 bits per heavy atom. The molecule has 1 aromatic rings. The van der Waals surface area contributed by atoms with Gasteiger partial charge < -0.3 is 9.47 Å². The maximum absolute atomic E-state index is 11.6.